The van der Waals surface area contributed by atoms with Crippen molar-refractivity contribution in [2.24, 2.45) is 5.92 Å². The summed E-state index contributed by atoms with van der Waals surface area (Å²) in [5.74, 6) is 0.380. The van der Waals surface area contributed by atoms with Crippen LogP contribution in [0.5, 0.6) is 5.75 Å². The van der Waals surface area contributed by atoms with Crippen molar-refractivity contribution in [1.82, 2.24) is 15.1 Å². The minimum atomic E-state index is -0.860. The standard InChI is InChI=1S/C17H23N3O3S/c1-17-13(15(21)19(2)3)14(11-7-5-6-8-12(11)23-17)18-16(24)20(17)9-10-22-4/h5-8,13-14H,9-10H2,1-4H3,(H,18,24). The second-order valence-electron chi connectivity index (χ2n) is 6.48. The molecule has 0 radical (unpaired) electrons. The maximum atomic E-state index is 13.0. The van der Waals surface area contributed by atoms with Gasteiger partial charge in [-0.2, -0.15) is 0 Å². The van der Waals surface area contributed by atoms with Gasteiger partial charge in [-0.3, -0.25) is 4.79 Å². The van der Waals surface area contributed by atoms with Crippen molar-refractivity contribution in [1.29, 1.82) is 0 Å². The van der Waals surface area contributed by atoms with E-state index in [4.69, 9.17) is 21.7 Å². The lowest BCUT2D eigenvalue weighted by atomic mass is 9.78. The molecule has 3 atom stereocenters. The normalized spacial score (nSPS) is 27.8. The molecule has 3 rings (SSSR count). The molecule has 2 bridgehead atoms. The van der Waals surface area contributed by atoms with Crippen LogP contribution in [0.1, 0.15) is 18.5 Å². The van der Waals surface area contributed by atoms with Crippen LogP contribution in [-0.2, 0) is 9.53 Å². The lowest BCUT2D eigenvalue weighted by molar-refractivity contribution is -0.162. The van der Waals surface area contributed by atoms with Crippen LogP contribution in [0.4, 0.5) is 0 Å². The second-order valence-corrected chi connectivity index (χ2v) is 6.86. The van der Waals surface area contributed by atoms with Gasteiger partial charge in [-0.25, -0.2) is 0 Å². The van der Waals surface area contributed by atoms with Crippen molar-refractivity contribution in [3.05, 3.63) is 29.8 Å². The number of nitrogens with zero attached hydrogens (tertiary/aromatic N) is 2. The van der Waals surface area contributed by atoms with E-state index in [1.807, 2.05) is 36.1 Å². The molecule has 0 spiro atoms. The summed E-state index contributed by atoms with van der Waals surface area (Å²) in [5.41, 5.74) is 0.102. The van der Waals surface area contributed by atoms with E-state index in [2.05, 4.69) is 5.32 Å². The number of thiocarbonyl (C=S) groups is 1. The summed E-state index contributed by atoms with van der Waals surface area (Å²) in [6, 6.07) is 7.59. The Morgan fingerprint density at radius 2 is 2.17 bits per heavy atom. The highest BCUT2D eigenvalue weighted by atomic mass is 32.1. The first kappa shape index (κ1) is 17.0. The molecule has 1 saturated heterocycles. The molecule has 0 saturated carbocycles. The van der Waals surface area contributed by atoms with E-state index in [1.54, 1.807) is 26.1 Å². The Morgan fingerprint density at radius 1 is 1.46 bits per heavy atom. The van der Waals surface area contributed by atoms with Gasteiger partial charge in [0.2, 0.25) is 5.91 Å². The van der Waals surface area contributed by atoms with E-state index in [0.717, 1.165) is 11.3 Å². The Labute approximate surface area is 147 Å². The van der Waals surface area contributed by atoms with E-state index in [-0.39, 0.29) is 11.9 Å². The number of carbonyl (C=O) groups excluding carboxylic acids is 1. The van der Waals surface area contributed by atoms with Gasteiger partial charge in [0.15, 0.2) is 10.8 Å². The molecule has 3 unspecified atom stereocenters. The first-order valence-electron chi connectivity index (χ1n) is 7.96. The van der Waals surface area contributed by atoms with Crippen LogP contribution < -0.4 is 10.1 Å². The molecule has 1 aromatic carbocycles. The maximum absolute atomic E-state index is 13.0. The minimum absolute atomic E-state index is 0.00872. The second kappa shape index (κ2) is 6.22. The fraction of sp³-hybridized carbons (Fsp3) is 0.529. The number of hydrogen-bond donors (Lipinski definition) is 1. The van der Waals surface area contributed by atoms with E-state index in [1.165, 1.54) is 0 Å². The third-order valence-electron chi connectivity index (χ3n) is 4.77. The lowest BCUT2D eigenvalue weighted by Crippen LogP contribution is -2.72. The average Bonchev–Trinajstić information content (AvgIpc) is 2.53. The third kappa shape index (κ3) is 2.52. The fourth-order valence-corrected chi connectivity index (χ4v) is 3.96. The van der Waals surface area contributed by atoms with Gasteiger partial charge < -0.3 is 24.6 Å². The van der Waals surface area contributed by atoms with Gasteiger partial charge in [0.05, 0.1) is 12.6 Å². The van der Waals surface area contributed by atoms with Crippen molar-refractivity contribution in [3.63, 3.8) is 0 Å². The van der Waals surface area contributed by atoms with Crippen LogP contribution in [0.2, 0.25) is 0 Å². The summed E-state index contributed by atoms with van der Waals surface area (Å²) in [4.78, 5) is 16.5. The summed E-state index contributed by atoms with van der Waals surface area (Å²) in [6.45, 7) is 2.98. The van der Waals surface area contributed by atoms with Gasteiger partial charge in [-0.05, 0) is 25.2 Å². The fourth-order valence-electron chi connectivity index (χ4n) is 3.56. The third-order valence-corrected chi connectivity index (χ3v) is 5.11. The Balaban J connectivity index is 2.10. The number of amides is 1. The number of methoxy groups -OCH3 is 1. The SMILES string of the molecule is COCCN1C(=S)NC2c3ccccc3OC1(C)C2C(=O)N(C)C. The van der Waals surface area contributed by atoms with E-state index in [9.17, 15) is 4.79 Å². The quantitative estimate of drug-likeness (QED) is 0.829. The number of hydrogen-bond acceptors (Lipinski definition) is 4. The molecule has 1 aromatic rings. The van der Waals surface area contributed by atoms with Crippen molar-refractivity contribution >= 4 is 23.2 Å². The van der Waals surface area contributed by atoms with Gasteiger partial charge >= 0.3 is 0 Å². The smallest absolute Gasteiger partial charge is 0.233 e. The highest BCUT2D eigenvalue weighted by molar-refractivity contribution is 7.80. The molecule has 24 heavy (non-hydrogen) atoms. The van der Waals surface area contributed by atoms with Crippen molar-refractivity contribution in [2.75, 3.05) is 34.4 Å². The number of fused-ring (bicyclic) bond motifs is 4. The first-order chi connectivity index (χ1) is 11.4. The first-order valence-corrected chi connectivity index (χ1v) is 8.37. The number of benzene rings is 1. The molecule has 1 N–H and O–H groups in total. The summed E-state index contributed by atoms with van der Waals surface area (Å²) in [5, 5.41) is 3.93. The molecule has 1 amide bonds. The van der Waals surface area contributed by atoms with E-state index >= 15 is 0 Å². The molecular formula is C17H23N3O3S. The summed E-state index contributed by atoms with van der Waals surface area (Å²) >= 11 is 5.56. The van der Waals surface area contributed by atoms with Gasteiger partial charge in [0, 0.05) is 33.3 Å². The Kier molecular flexibility index (Phi) is 4.40. The molecule has 0 aliphatic carbocycles. The van der Waals surface area contributed by atoms with Crippen LogP contribution in [0, 0.1) is 5.92 Å². The van der Waals surface area contributed by atoms with Gasteiger partial charge in [-0.1, -0.05) is 18.2 Å². The predicted molar refractivity (Wildman–Crippen MR) is 94.7 cm³/mol. The maximum Gasteiger partial charge on any atom is 0.233 e. The van der Waals surface area contributed by atoms with Crippen molar-refractivity contribution in [3.8, 4) is 5.75 Å². The monoisotopic (exact) mass is 349 g/mol. The predicted octanol–water partition coefficient (Wildman–Crippen LogP) is 1.38. The summed E-state index contributed by atoms with van der Waals surface area (Å²) in [6.07, 6.45) is 0. The molecule has 2 heterocycles. The topological polar surface area (TPSA) is 54.0 Å². The molecule has 130 valence electrons. The summed E-state index contributed by atoms with van der Waals surface area (Å²) in [7, 11) is 5.17. The lowest BCUT2D eigenvalue weighted by Gasteiger charge is -2.56. The molecule has 2 aliphatic rings. The van der Waals surface area contributed by atoms with Crippen molar-refractivity contribution < 1.29 is 14.3 Å². The van der Waals surface area contributed by atoms with Gasteiger partial charge in [0.1, 0.15) is 11.7 Å². The van der Waals surface area contributed by atoms with E-state index < -0.39 is 11.6 Å². The van der Waals surface area contributed by atoms with Crippen LogP contribution in [0.3, 0.4) is 0 Å². The molecule has 6 nitrogen and oxygen atoms in total. The van der Waals surface area contributed by atoms with Crippen LogP contribution in [0.25, 0.3) is 0 Å². The van der Waals surface area contributed by atoms with Crippen LogP contribution in [-0.4, -0.2) is 60.9 Å². The Hall–Kier alpha value is -1.86. The minimum Gasteiger partial charge on any atom is -0.467 e. The number of rotatable bonds is 4. The zero-order valence-corrected chi connectivity index (χ0v) is 15.2. The molecular weight excluding hydrogens is 326 g/mol. The molecule has 0 aromatic heterocycles. The number of carbonyl (C=O) groups is 1. The zero-order chi connectivity index (χ0) is 17.5. The average molecular weight is 349 g/mol. The van der Waals surface area contributed by atoms with Crippen molar-refractivity contribution in [2.45, 2.75) is 18.7 Å². The number of ether oxygens (including phenoxy) is 2. The molecule has 2 aliphatic heterocycles. The molecule has 1 fully saturated rings. The highest BCUT2D eigenvalue weighted by Gasteiger charge is 2.58. The van der Waals surface area contributed by atoms with E-state index in [0.29, 0.717) is 18.3 Å². The Morgan fingerprint density at radius 3 is 2.83 bits per heavy atom. The highest BCUT2D eigenvalue weighted by Crippen LogP contribution is 2.48. The largest absolute Gasteiger partial charge is 0.467 e. The zero-order valence-electron chi connectivity index (χ0n) is 14.4. The summed E-state index contributed by atoms with van der Waals surface area (Å²) < 4.78 is 11.6. The van der Waals surface area contributed by atoms with Gasteiger partial charge in [-0.15, -0.1) is 0 Å². The molecule has 7 heteroatoms. The Bertz CT molecular complexity index is 666. The van der Waals surface area contributed by atoms with Crippen LogP contribution >= 0.6 is 12.2 Å². The number of para-hydroxylation sites is 1. The van der Waals surface area contributed by atoms with Gasteiger partial charge in [0.25, 0.3) is 0 Å². The number of nitrogens with one attached hydrogen (secondary N) is 1. The van der Waals surface area contributed by atoms with Crippen LogP contribution in [0.15, 0.2) is 24.3 Å².